The summed E-state index contributed by atoms with van der Waals surface area (Å²) in [5.41, 5.74) is 1.99. The molecule has 0 aromatic heterocycles. The Morgan fingerprint density at radius 1 is 1.06 bits per heavy atom. The van der Waals surface area contributed by atoms with Crippen molar-refractivity contribution in [3.05, 3.63) is 100 Å². The Hall–Kier alpha value is -3.33. The number of ether oxygens (including phenoxy) is 1. The van der Waals surface area contributed by atoms with Gasteiger partial charge >= 0.3 is 12.1 Å². The van der Waals surface area contributed by atoms with Crippen LogP contribution in [0.4, 0.5) is 23.2 Å². The number of carbonyl (C=O) groups is 2. The number of rotatable bonds is 5. The third kappa shape index (κ3) is 5.35. The van der Waals surface area contributed by atoms with Crippen molar-refractivity contribution >= 4 is 29.3 Å². The number of carbonyl (C=O) groups excluding carboxylic acids is 2. The predicted molar refractivity (Wildman–Crippen MR) is 126 cm³/mol. The summed E-state index contributed by atoms with van der Waals surface area (Å²) in [4.78, 5) is 27.0. The Labute approximate surface area is 203 Å². The molecule has 3 aromatic carbocycles. The van der Waals surface area contributed by atoms with E-state index in [2.05, 4.69) is 0 Å². The summed E-state index contributed by atoms with van der Waals surface area (Å²) in [7, 11) is 0. The van der Waals surface area contributed by atoms with E-state index in [4.69, 9.17) is 4.74 Å². The maximum atomic E-state index is 13.3. The zero-order valence-corrected chi connectivity index (χ0v) is 19.6. The lowest BCUT2D eigenvalue weighted by molar-refractivity contribution is -0.137. The lowest BCUT2D eigenvalue weighted by Gasteiger charge is -2.26. The summed E-state index contributed by atoms with van der Waals surface area (Å²) in [6.07, 6.45) is -5.20. The van der Waals surface area contributed by atoms with E-state index in [0.717, 1.165) is 17.7 Å². The van der Waals surface area contributed by atoms with Crippen molar-refractivity contribution in [2.24, 2.45) is 0 Å². The molecule has 35 heavy (non-hydrogen) atoms. The molecule has 2 atom stereocenters. The first kappa shape index (κ1) is 24.8. The normalized spacial score (nSPS) is 16.9. The Morgan fingerprint density at radius 3 is 2.31 bits per heavy atom. The van der Waals surface area contributed by atoms with Gasteiger partial charge in [0.2, 0.25) is 5.91 Å². The van der Waals surface area contributed by atoms with Crippen molar-refractivity contribution in [1.29, 1.82) is 0 Å². The quantitative estimate of drug-likeness (QED) is 0.282. The maximum Gasteiger partial charge on any atom is 0.416 e. The molecule has 1 amide bonds. The second-order valence-corrected chi connectivity index (χ2v) is 9.22. The number of hydrogen-bond donors (Lipinski definition) is 0. The van der Waals surface area contributed by atoms with Gasteiger partial charge in [-0.15, -0.1) is 11.8 Å². The maximum absolute atomic E-state index is 13.3. The molecule has 1 heterocycles. The molecule has 0 N–H and O–H groups in total. The van der Waals surface area contributed by atoms with Crippen LogP contribution in [-0.4, -0.2) is 17.6 Å². The van der Waals surface area contributed by atoms with Crippen molar-refractivity contribution < 1.29 is 31.9 Å². The molecule has 182 valence electrons. The second kappa shape index (κ2) is 9.73. The molecule has 1 aliphatic heterocycles. The fourth-order valence-electron chi connectivity index (χ4n) is 3.85. The number of esters is 1. The van der Waals surface area contributed by atoms with E-state index in [-0.39, 0.29) is 28.4 Å². The van der Waals surface area contributed by atoms with Gasteiger partial charge in [-0.05, 0) is 73.0 Å². The Kier molecular flexibility index (Phi) is 6.89. The van der Waals surface area contributed by atoms with Gasteiger partial charge in [-0.2, -0.15) is 13.2 Å². The minimum absolute atomic E-state index is 0.0984. The van der Waals surface area contributed by atoms with E-state index >= 15 is 0 Å². The number of nitrogens with zero attached hydrogens (tertiary/aromatic N) is 1. The lowest BCUT2D eigenvalue weighted by Crippen LogP contribution is -2.28. The van der Waals surface area contributed by atoms with Crippen LogP contribution in [0.15, 0.2) is 66.7 Å². The molecule has 4 rings (SSSR count). The highest BCUT2D eigenvalue weighted by Gasteiger charge is 2.35. The number of amides is 1. The molecule has 0 saturated carbocycles. The molecule has 2 unspecified atom stereocenters. The summed E-state index contributed by atoms with van der Waals surface area (Å²) in [5.74, 6) is -0.822. The molecule has 0 bridgehead atoms. The SMILES string of the molecule is Cc1cc(C(=O)OC(C)c2ccc(C(F)(F)F)cc2)ccc1N1C(=O)CSC1c1ccc(F)cc1. The number of anilines is 1. The number of thioether (sulfide) groups is 1. The fraction of sp³-hybridized carbons (Fsp3) is 0.231. The highest BCUT2D eigenvalue weighted by atomic mass is 32.2. The highest BCUT2D eigenvalue weighted by molar-refractivity contribution is 8.00. The number of halogens is 4. The van der Waals surface area contributed by atoms with Crippen molar-refractivity contribution in [3.8, 4) is 0 Å². The third-order valence-corrected chi connectivity index (χ3v) is 6.92. The van der Waals surface area contributed by atoms with E-state index in [0.29, 0.717) is 16.8 Å². The van der Waals surface area contributed by atoms with Gasteiger partial charge in [0.15, 0.2) is 0 Å². The number of alkyl halides is 3. The smallest absolute Gasteiger partial charge is 0.416 e. The molecule has 0 radical (unpaired) electrons. The van der Waals surface area contributed by atoms with Gasteiger partial charge in [0.05, 0.1) is 16.9 Å². The van der Waals surface area contributed by atoms with Crippen LogP contribution in [0, 0.1) is 12.7 Å². The second-order valence-electron chi connectivity index (χ2n) is 8.15. The molecule has 0 aliphatic carbocycles. The van der Waals surface area contributed by atoms with Gasteiger partial charge < -0.3 is 4.74 Å². The fourth-order valence-corrected chi connectivity index (χ4v) is 5.02. The van der Waals surface area contributed by atoms with Crippen molar-refractivity contribution in [2.75, 3.05) is 10.7 Å². The monoisotopic (exact) mass is 503 g/mol. The number of hydrogen-bond acceptors (Lipinski definition) is 4. The highest BCUT2D eigenvalue weighted by Crippen LogP contribution is 2.43. The summed E-state index contributed by atoms with van der Waals surface area (Å²) < 4.78 is 57.1. The van der Waals surface area contributed by atoms with Crippen LogP contribution in [0.2, 0.25) is 0 Å². The van der Waals surface area contributed by atoms with Crippen LogP contribution in [0.5, 0.6) is 0 Å². The van der Waals surface area contributed by atoms with Crippen LogP contribution < -0.4 is 4.90 Å². The average molecular weight is 504 g/mol. The van der Waals surface area contributed by atoms with Crippen LogP contribution in [-0.2, 0) is 15.7 Å². The first-order valence-corrected chi connectivity index (χ1v) is 11.8. The zero-order valence-electron chi connectivity index (χ0n) is 18.8. The van der Waals surface area contributed by atoms with E-state index in [9.17, 15) is 27.2 Å². The predicted octanol–water partition coefficient (Wildman–Crippen LogP) is 6.85. The van der Waals surface area contributed by atoms with Gasteiger partial charge in [0.25, 0.3) is 0 Å². The Morgan fingerprint density at radius 2 is 1.71 bits per heavy atom. The van der Waals surface area contributed by atoms with E-state index in [1.54, 1.807) is 49.1 Å². The summed E-state index contributed by atoms with van der Waals surface area (Å²) in [6.45, 7) is 3.35. The topological polar surface area (TPSA) is 46.6 Å². The standard InChI is InChI=1S/C26H21F4NO3S/c1-15-13-19(25(33)34-16(2)17-3-8-20(9-4-17)26(28,29)30)7-12-22(15)31-23(32)14-35-24(31)18-5-10-21(27)11-6-18/h3-13,16,24H,14H2,1-2H3. The number of aryl methyl sites for hydroxylation is 1. The minimum Gasteiger partial charge on any atom is -0.454 e. The molecular formula is C26H21F4NO3S. The average Bonchev–Trinajstić information content (AvgIpc) is 3.20. The van der Waals surface area contributed by atoms with Gasteiger partial charge in [0.1, 0.15) is 17.3 Å². The molecule has 3 aromatic rings. The van der Waals surface area contributed by atoms with E-state index in [1.807, 2.05) is 0 Å². The molecule has 1 saturated heterocycles. The van der Waals surface area contributed by atoms with E-state index < -0.39 is 23.8 Å². The van der Waals surface area contributed by atoms with Crippen LogP contribution in [0.1, 0.15) is 51.0 Å². The lowest BCUT2D eigenvalue weighted by atomic mass is 10.1. The Balaban J connectivity index is 1.50. The van der Waals surface area contributed by atoms with Gasteiger partial charge in [-0.3, -0.25) is 9.69 Å². The Bertz CT molecular complexity index is 1240. The molecular weight excluding hydrogens is 482 g/mol. The third-order valence-electron chi connectivity index (χ3n) is 5.71. The molecule has 4 nitrogen and oxygen atoms in total. The van der Waals surface area contributed by atoms with Crippen LogP contribution >= 0.6 is 11.8 Å². The first-order chi connectivity index (χ1) is 16.5. The summed E-state index contributed by atoms with van der Waals surface area (Å²) in [6, 6.07) is 15.2. The van der Waals surface area contributed by atoms with E-state index in [1.165, 1.54) is 36.0 Å². The van der Waals surface area contributed by atoms with Gasteiger partial charge in [-0.25, -0.2) is 9.18 Å². The van der Waals surface area contributed by atoms with Crippen molar-refractivity contribution in [3.63, 3.8) is 0 Å². The van der Waals surface area contributed by atoms with Crippen molar-refractivity contribution in [1.82, 2.24) is 0 Å². The van der Waals surface area contributed by atoms with Crippen molar-refractivity contribution in [2.45, 2.75) is 31.5 Å². The summed E-state index contributed by atoms with van der Waals surface area (Å²) in [5, 5.41) is -0.320. The van der Waals surface area contributed by atoms with Crippen LogP contribution in [0.25, 0.3) is 0 Å². The first-order valence-electron chi connectivity index (χ1n) is 10.7. The molecule has 1 aliphatic rings. The molecule has 0 spiro atoms. The minimum atomic E-state index is -4.44. The zero-order chi connectivity index (χ0) is 25.3. The van der Waals surface area contributed by atoms with Gasteiger partial charge in [-0.1, -0.05) is 24.3 Å². The number of benzene rings is 3. The summed E-state index contributed by atoms with van der Waals surface area (Å²) >= 11 is 1.43. The molecule has 9 heteroatoms. The van der Waals surface area contributed by atoms with Crippen LogP contribution in [0.3, 0.4) is 0 Å². The molecule has 1 fully saturated rings. The van der Waals surface area contributed by atoms with Gasteiger partial charge in [0, 0.05) is 5.69 Å². The largest absolute Gasteiger partial charge is 0.454 e.